The normalized spacial score (nSPS) is 19.8. The van der Waals surface area contributed by atoms with Crippen LogP contribution in [0.1, 0.15) is 37.5 Å². The van der Waals surface area contributed by atoms with Crippen molar-refractivity contribution in [2.45, 2.75) is 38.6 Å². The van der Waals surface area contributed by atoms with E-state index in [1.807, 2.05) is 24.4 Å². The van der Waals surface area contributed by atoms with Crippen LogP contribution in [-0.2, 0) is 16.8 Å². The highest BCUT2D eigenvalue weighted by Crippen LogP contribution is 2.24. The van der Waals surface area contributed by atoms with Gasteiger partial charge >= 0.3 is 0 Å². The standard InChI is InChI=1S/C22H26N2O2/c1-21(2,3)19-8-4-16(5-9-19)15-26-22(23)13-12-18(14-24-22)17-6-10-20(25)11-7-17/h4-14,24-25H,15,23H2,1-3H3. The summed E-state index contributed by atoms with van der Waals surface area (Å²) in [5.74, 6) is -0.792. The first kappa shape index (κ1) is 18.2. The number of phenolic OH excluding ortho intramolecular Hbond substituents is 1. The summed E-state index contributed by atoms with van der Waals surface area (Å²) in [6, 6.07) is 15.5. The maximum atomic E-state index is 9.38. The third-order valence-corrected chi connectivity index (χ3v) is 4.46. The molecule has 1 unspecified atom stereocenters. The van der Waals surface area contributed by atoms with Crippen LogP contribution in [0, 0.1) is 0 Å². The molecule has 4 nitrogen and oxygen atoms in total. The van der Waals surface area contributed by atoms with Crippen LogP contribution < -0.4 is 11.1 Å². The highest BCUT2D eigenvalue weighted by atomic mass is 16.5. The molecule has 0 fully saturated rings. The van der Waals surface area contributed by atoms with Gasteiger partial charge in [0.15, 0.2) is 0 Å². The molecule has 1 atom stereocenters. The lowest BCUT2D eigenvalue weighted by Gasteiger charge is -2.30. The Labute approximate surface area is 155 Å². The maximum absolute atomic E-state index is 9.38. The van der Waals surface area contributed by atoms with Crippen molar-refractivity contribution in [3.05, 3.63) is 83.6 Å². The predicted octanol–water partition coefficient (Wildman–Crippen LogP) is 4.02. The molecule has 1 aliphatic heterocycles. The monoisotopic (exact) mass is 350 g/mol. The number of dihydropyridines is 1. The van der Waals surface area contributed by atoms with E-state index in [0.717, 1.165) is 16.7 Å². The van der Waals surface area contributed by atoms with Crippen molar-refractivity contribution in [3.63, 3.8) is 0 Å². The largest absolute Gasteiger partial charge is 0.508 e. The smallest absolute Gasteiger partial charge is 0.213 e. The molecule has 1 heterocycles. The van der Waals surface area contributed by atoms with E-state index in [1.165, 1.54) is 5.56 Å². The zero-order chi connectivity index (χ0) is 18.8. The Morgan fingerprint density at radius 2 is 1.69 bits per heavy atom. The molecule has 0 radical (unpaired) electrons. The van der Waals surface area contributed by atoms with Crippen molar-refractivity contribution in [1.82, 2.24) is 5.32 Å². The van der Waals surface area contributed by atoms with Gasteiger partial charge in [0.2, 0.25) is 5.85 Å². The van der Waals surface area contributed by atoms with Gasteiger partial charge in [-0.15, -0.1) is 0 Å². The quantitative estimate of drug-likeness (QED) is 0.729. The number of phenols is 1. The number of hydrogen-bond donors (Lipinski definition) is 3. The van der Waals surface area contributed by atoms with Crippen LogP contribution in [0.2, 0.25) is 0 Å². The second-order valence-corrected chi connectivity index (χ2v) is 7.65. The highest BCUT2D eigenvalue weighted by molar-refractivity contribution is 5.75. The lowest BCUT2D eigenvalue weighted by molar-refractivity contribution is -0.0318. The van der Waals surface area contributed by atoms with Gasteiger partial charge < -0.3 is 15.2 Å². The number of nitrogens with two attached hydrogens (primary N) is 1. The zero-order valence-corrected chi connectivity index (χ0v) is 15.5. The van der Waals surface area contributed by atoms with Crippen LogP contribution in [0.5, 0.6) is 5.75 Å². The van der Waals surface area contributed by atoms with Crippen LogP contribution in [0.3, 0.4) is 0 Å². The number of benzene rings is 2. The molecule has 0 amide bonds. The molecule has 4 heteroatoms. The summed E-state index contributed by atoms with van der Waals surface area (Å²) in [5.41, 5.74) is 10.7. The minimum atomic E-state index is -1.04. The van der Waals surface area contributed by atoms with Gasteiger partial charge in [-0.1, -0.05) is 63.2 Å². The van der Waals surface area contributed by atoms with Gasteiger partial charge in [-0.25, -0.2) is 0 Å². The number of aromatic hydroxyl groups is 1. The third-order valence-electron chi connectivity index (χ3n) is 4.46. The summed E-state index contributed by atoms with van der Waals surface area (Å²) >= 11 is 0. The molecule has 0 aromatic heterocycles. The van der Waals surface area contributed by atoms with Gasteiger partial charge in [-0.3, -0.25) is 5.73 Å². The molecular formula is C22H26N2O2. The van der Waals surface area contributed by atoms with Gasteiger partial charge in [-0.2, -0.15) is 0 Å². The topological polar surface area (TPSA) is 67.5 Å². The molecule has 4 N–H and O–H groups in total. The van der Waals surface area contributed by atoms with Crippen LogP contribution in [0.4, 0.5) is 0 Å². The van der Waals surface area contributed by atoms with E-state index in [2.05, 4.69) is 50.4 Å². The van der Waals surface area contributed by atoms with Crippen molar-refractivity contribution >= 4 is 5.57 Å². The average molecular weight is 350 g/mol. The number of nitrogens with one attached hydrogen (secondary N) is 1. The summed E-state index contributed by atoms with van der Waals surface area (Å²) < 4.78 is 5.88. The summed E-state index contributed by atoms with van der Waals surface area (Å²) in [5, 5.41) is 12.5. The molecule has 1 aliphatic rings. The molecule has 0 aliphatic carbocycles. The molecular weight excluding hydrogens is 324 g/mol. The SMILES string of the molecule is CC(C)(C)c1ccc(COC2(N)C=CC(c3ccc(O)cc3)=CN2)cc1. The Balaban J connectivity index is 1.61. The third kappa shape index (κ3) is 4.34. The van der Waals surface area contributed by atoms with Crippen molar-refractivity contribution in [3.8, 4) is 5.75 Å². The van der Waals surface area contributed by atoms with E-state index in [-0.39, 0.29) is 11.2 Å². The first-order chi connectivity index (χ1) is 12.3. The summed E-state index contributed by atoms with van der Waals surface area (Å²) in [4.78, 5) is 0. The first-order valence-corrected chi connectivity index (χ1v) is 8.74. The second-order valence-electron chi connectivity index (χ2n) is 7.65. The number of ether oxygens (including phenoxy) is 1. The lowest BCUT2D eigenvalue weighted by atomic mass is 9.87. The Morgan fingerprint density at radius 3 is 2.23 bits per heavy atom. The maximum Gasteiger partial charge on any atom is 0.213 e. The number of allylic oxidation sites excluding steroid dienone is 2. The Hall–Kier alpha value is -2.56. The fourth-order valence-electron chi connectivity index (χ4n) is 2.73. The van der Waals surface area contributed by atoms with E-state index in [4.69, 9.17) is 10.5 Å². The van der Waals surface area contributed by atoms with E-state index in [1.54, 1.807) is 18.2 Å². The molecule has 0 saturated carbocycles. The molecule has 2 aromatic rings. The fraction of sp³-hybridized carbons (Fsp3) is 0.273. The zero-order valence-electron chi connectivity index (χ0n) is 15.5. The van der Waals surface area contributed by atoms with Crippen molar-refractivity contribution < 1.29 is 9.84 Å². The highest BCUT2D eigenvalue weighted by Gasteiger charge is 2.24. The Morgan fingerprint density at radius 1 is 1.04 bits per heavy atom. The Bertz CT molecular complexity index is 815. The van der Waals surface area contributed by atoms with Gasteiger partial charge in [0, 0.05) is 6.20 Å². The van der Waals surface area contributed by atoms with Gasteiger partial charge in [0.25, 0.3) is 0 Å². The van der Waals surface area contributed by atoms with E-state index >= 15 is 0 Å². The van der Waals surface area contributed by atoms with Crippen LogP contribution >= 0.6 is 0 Å². The average Bonchev–Trinajstić information content (AvgIpc) is 2.61. The first-order valence-electron chi connectivity index (χ1n) is 8.74. The molecule has 2 aromatic carbocycles. The van der Waals surface area contributed by atoms with Gasteiger partial charge in [-0.05, 0) is 45.9 Å². The minimum Gasteiger partial charge on any atom is -0.508 e. The van der Waals surface area contributed by atoms with E-state index in [9.17, 15) is 5.11 Å². The van der Waals surface area contributed by atoms with Crippen molar-refractivity contribution in [2.75, 3.05) is 0 Å². The van der Waals surface area contributed by atoms with Gasteiger partial charge in [0.05, 0.1) is 6.61 Å². The van der Waals surface area contributed by atoms with E-state index in [0.29, 0.717) is 6.61 Å². The second kappa shape index (κ2) is 6.98. The molecule has 0 spiro atoms. The molecule has 26 heavy (non-hydrogen) atoms. The fourth-order valence-corrected chi connectivity index (χ4v) is 2.73. The molecule has 0 saturated heterocycles. The summed E-state index contributed by atoms with van der Waals surface area (Å²) in [7, 11) is 0. The van der Waals surface area contributed by atoms with Crippen molar-refractivity contribution in [2.24, 2.45) is 5.73 Å². The predicted molar refractivity (Wildman–Crippen MR) is 105 cm³/mol. The van der Waals surface area contributed by atoms with Gasteiger partial charge in [0.1, 0.15) is 5.75 Å². The summed E-state index contributed by atoms with van der Waals surface area (Å²) in [6.07, 6.45) is 5.55. The van der Waals surface area contributed by atoms with Crippen LogP contribution in [0.15, 0.2) is 66.9 Å². The number of rotatable bonds is 4. The van der Waals surface area contributed by atoms with Crippen LogP contribution in [-0.4, -0.2) is 11.0 Å². The summed E-state index contributed by atoms with van der Waals surface area (Å²) in [6.45, 7) is 7.01. The van der Waals surface area contributed by atoms with Crippen molar-refractivity contribution in [1.29, 1.82) is 0 Å². The van der Waals surface area contributed by atoms with Crippen LogP contribution in [0.25, 0.3) is 5.57 Å². The molecule has 0 bridgehead atoms. The molecule has 3 rings (SSSR count). The Kier molecular flexibility index (Phi) is 4.90. The lowest BCUT2D eigenvalue weighted by Crippen LogP contribution is -2.52. The molecule has 136 valence electrons. The van der Waals surface area contributed by atoms with E-state index < -0.39 is 5.85 Å². The minimum absolute atomic E-state index is 0.136. The number of hydrogen-bond acceptors (Lipinski definition) is 4.